The first-order valence-electron chi connectivity index (χ1n) is 8.08. The van der Waals surface area contributed by atoms with Gasteiger partial charge in [-0.15, -0.1) is 0 Å². The van der Waals surface area contributed by atoms with Gasteiger partial charge in [0.05, 0.1) is 11.7 Å². The third-order valence-electron chi connectivity index (χ3n) is 4.69. The number of nitrogens with zero attached hydrogens (tertiary/aromatic N) is 4. The normalized spacial score (nSPS) is 19.6. The van der Waals surface area contributed by atoms with Crippen molar-refractivity contribution < 1.29 is 0 Å². The Bertz CT molecular complexity index is 497. The molecule has 1 aliphatic rings. The van der Waals surface area contributed by atoms with Gasteiger partial charge >= 0.3 is 0 Å². The lowest BCUT2D eigenvalue weighted by Crippen LogP contribution is -2.54. The average Bonchev–Trinajstić information content (AvgIpc) is 2.72. The zero-order valence-corrected chi connectivity index (χ0v) is 15.5. The largest absolute Gasteiger partial charge is 0.322 e. The van der Waals surface area contributed by atoms with Gasteiger partial charge in [0.25, 0.3) is 0 Å². The lowest BCUT2D eigenvalue weighted by Gasteiger charge is -2.44. The SMILES string of the molecule is CNCC(c1nc(C)n(C)c1Cl)N1CCN(C(C)(C)C)CC1. The number of aryl methyl sites for hydroxylation is 1. The van der Waals surface area contributed by atoms with Gasteiger partial charge < -0.3 is 9.88 Å². The summed E-state index contributed by atoms with van der Waals surface area (Å²) in [5, 5.41) is 4.06. The van der Waals surface area contributed by atoms with Crippen LogP contribution in [-0.2, 0) is 7.05 Å². The van der Waals surface area contributed by atoms with Crippen LogP contribution in [0.25, 0.3) is 0 Å². The van der Waals surface area contributed by atoms with E-state index in [9.17, 15) is 0 Å². The molecular weight excluding hydrogens is 298 g/mol. The molecule has 6 heteroatoms. The van der Waals surface area contributed by atoms with E-state index >= 15 is 0 Å². The smallest absolute Gasteiger partial charge is 0.133 e. The van der Waals surface area contributed by atoms with E-state index in [-0.39, 0.29) is 11.6 Å². The maximum Gasteiger partial charge on any atom is 0.133 e. The van der Waals surface area contributed by atoms with E-state index in [0.717, 1.165) is 49.4 Å². The molecule has 0 amide bonds. The number of aromatic nitrogens is 2. The molecule has 1 unspecified atom stereocenters. The molecule has 0 spiro atoms. The molecule has 0 radical (unpaired) electrons. The van der Waals surface area contributed by atoms with Crippen molar-refractivity contribution in [2.75, 3.05) is 39.8 Å². The van der Waals surface area contributed by atoms with Crippen LogP contribution in [0.4, 0.5) is 0 Å². The van der Waals surface area contributed by atoms with Gasteiger partial charge in [-0.25, -0.2) is 4.98 Å². The number of halogens is 1. The summed E-state index contributed by atoms with van der Waals surface area (Å²) in [4.78, 5) is 9.76. The van der Waals surface area contributed by atoms with E-state index in [4.69, 9.17) is 16.6 Å². The second kappa shape index (κ2) is 6.87. The minimum Gasteiger partial charge on any atom is -0.322 e. The van der Waals surface area contributed by atoms with Crippen LogP contribution in [0.1, 0.15) is 38.3 Å². The fourth-order valence-corrected chi connectivity index (χ4v) is 3.41. The van der Waals surface area contributed by atoms with Gasteiger partial charge in [0.2, 0.25) is 0 Å². The Morgan fingerprint density at radius 2 is 1.82 bits per heavy atom. The van der Waals surface area contributed by atoms with Gasteiger partial charge in [0, 0.05) is 45.3 Å². The number of likely N-dealkylation sites (N-methyl/N-ethyl adjacent to an activating group) is 1. The first kappa shape index (κ1) is 17.7. The van der Waals surface area contributed by atoms with Crippen LogP contribution in [-0.4, -0.2) is 64.7 Å². The predicted octanol–water partition coefficient (Wildman–Crippen LogP) is 2.06. The minimum absolute atomic E-state index is 0.236. The summed E-state index contributed by atoms with van der Waals surface area (Å²) < 4.78 is 1.96. The number of piperazine rings is 1. The summed E-state index contributed by atoms with van der Waals surface area (Å²) in [7, 11) is 3.96. The Hall–Kier alpha value is -0.620. The summed E-state index contributed by atoms with van der Waals surface area (Å²) in [6.07, 6.45) is 0. The van der Waals surface area contributed by atoms with Gasteiger partial charge in [0.1, 0.15) is 11.0 Å². The summed E-state index contributed by atoms with van der Waals surface area (Å²) in [5.74, 6) is 0.967. The van der Waals surface area contributed by atoms with Gasteiger partial charge in [-0.1, -0.05) is 11.6 Å². The van der Waals surface area contributed by atoms with Crippen LogP contribution in [0, 0.1) is 6.92 Å². The highest BCUT2D eigenvalue weighted by atomic mass is 35.5. The van der Waals surface area contributed by atoms with Crippen molar-refractivity contribution in [3.63, 3.8) is 0 Å². The van der Waals surface area contributed by atoms with Crippen molar-refractivity contribution in [1.82, 2.24) is 24.7 Å². The lowest BCUT2D eigenvalue weighted by molar-refractivity contribution is 0.0411. The fraction of sp³-hybridized carbons (Fsp3) is 0.812. The molecule has 1 N–H and O–H groups in total. The van der Waals surface area contributed by atoms with E-state index in [2.05, 4.69) is 35.9 Å². The monoisotopic (exact) mass is 327 g/mol. The Kier molecular flexibility index (Phi) is 5.54. The van der Waals surface area contributed by atoms with Crippen molar-refractivity contribution in [1.29, 1.82) is 0 Å². The van der Waals surface area contributed by atoms with E-state index < -0.39 is 0 Å². The van der Waals surface area contributed by atoms with Crippen LogP contribution in [0.3, 0.4) is 0 Å². The molecule has 0 saturated carbocycles. The predicted molar refractivity (Wildman–Crippen MR) is 92.5 cm³/mol. The van der Waals surface area contributed by atoms with Crippen LogP contribution in [0.15, 0.2) is 0 Å². The van der Waals surface area contributed by atoms with Gasteiger partial charge in [0.15, 0.2) is 0 Å². The Labute approximate surface area is 139 Å². The molecule has 1 saturated heterocycles. The Morgan fingerprint density at radius 3 is 2.23 bits per heavy atom. The molecule has 1 aromatic heterocycles. The quantitative estimate of drug-likeness (QED) is 0.918. The molecule has 1 atom stereocenters. The minimum atomic E-state index is 0.236. The maximum atomic E-state index is 6.50. The van der Waals surface area contributed by atoms with Crippen molar-refractivity contribution in [3.8, 4) is 0 Å². The van der Waals surface area contributed by atoms with E-state index in [1.807, 2.05) is 25.6 Å². The number of hydrogen-bond acceptors (Lipinski definition) is 4. The molecule has 126 valence electrons. The third kappa shape index (κ3) is 3.65. The molecule has 0 aliphatic carbocycles. The number of hydrogen-bond donors (Lipinski definition) is 1. The summed E-state index contributed by atoms with van der Waals surface area (Å²) in [6, 6.07) is 0.236. The molecule has 22 heavy (non-hydrogen) atoms. The molecule has 2 rings (SSSR count). The molecule has 0 bridgehead atoms. The summed E-state index contributed by atoms with van der Waals surface area (Å²) in [5.41, 5.74) is 1.24. The van der Waals surface area contributed by atoms with Crippen molar-refractivity contribution in [3.05, 3.63) is 16.7 Å². The molecule has 1 fully saturated rings. The Balaban J connectivity index is 2.14. The van der Waals surface area contributed by atoms with E-state index in [0.29, 0.717) is 0 Å². The fourth-order valence-electron chi connectivity index (χ4n) is 3.12. The van der Waals surface area contributed by atoms with Gasteiger partial charge in [-0.05, 0) is 34.7 Å². The topological polar surface area (TPSA) is 36.3 Å². The summed E-state index contributed by atoms with van der Waals surface area (Å²) in [6.45, 7) is 14.0. The molecule has 0 aromatic carbocycles. The van der Waals surface area contributed by atoms with Crippen LogP contribution < -0.4 is 5.32 Å². The zero-order valence-electron chi connectivity index (χ0n) is 14.8. The molecule has 1 aliphatic heterocycles. The van der Waals surface area contributed by atoms with Crippen LogP contribution >= 0.6 is 11.6 Å². The Morgan fingerprint density at radius 1 is 1.23 bits per heavy atom. The lowest BCUT2D eigenvalue weighted by atomic mass is 10.0. The first-order chi connectivity index (χ1) is 10.3. The number of rotatable bonds is 4. The molecule has 1 aromatic rings. The van der Waals surface area contributed by atoms with Gasteiger partial charge in [-0.2, -0.15) is 0 Å². The van der Waals surface area contributed by atoms with Crippen molar-refractivity contribution in [2.45, 2.75) is 39.3 Å². The molecule has 5 nitrogen and oxygen atoms in total. The first-order valence-corrected chi connectivity index (χ1v) is 8.46. The van der Waals surface area contributed by atoms with Gasteiger partial charge in [-0.3, -0.25) is 9.80 Å². The van der Waals surface area contributed by atoms with E-state index in [1.54, 1.807) is 0 Å². The van der Waals surface area contributed by atoms with Crippen molar-refractivity contribution >= 4 is 11.6 Å². The maximum absolute atomic E-state index is 6.50. The highest BCUT2D eigenvalue weighted by molar-refractivity contribution is 6.30. The van der Waals surface area contributed by atoms with Crippen LogP contribution in [0.5, 0.6) is 0 Å². The number of nitrogens with one attached hydrogen (secondary N) is 1. The molecular formula is C16H30ClN5. The standard InChI is InChI=1S/C16H30ClN5/c1-12-19-14(15(17)20(12)6)13(11-18-5)21-7-9-22(10-8-21)16(2,3)4/h13,18H,7-11H2,1-6H3. The zero-order chi connectivity index (χ0) is 16.5. The van der Waals surface area contributed by atoms with Crippen molar-refractivity contribution in [2.24, 2.45) is 7.05 Å². The second-order valence-corrected chi connectivity index (χ2v) is 7.52. The summed E-state index contributed by atoms with van der Waals surface area (Å²) >= 11 is 6.50. The highest BCUT2D eigenvalue weighted by Crippen LogP contribution is 2.29. The number of imidazole rings is 1. The van der Waals surface area contributed by atoms with E-state index in [1.165, 1.54) is 0 Å². The average molecular weight is 328 g/mol. The van der Waals surface area contributed by atoms with Crippen LogP contribution in [0.2, 0.25) is 5.15 Å². The molecule has 2 heterocycles. The highest BCUT2D eigenvalue weighted by Gasteiger charge is 2.31. The third-order valence-corrected chi connectivity index (χ3v) is 5.14. The second-order valence-electron chi connectivity index (χ2n) is 7.16.